The fraction of sp³-hybridized carbons (Fsp3) is 0.172. The van der Waals surface area contributed by atoms with Crippen LogP contribution in [0.1, 0.15) is 16.4 Å². The van der Waals surface area contributed by atoms with Crippen molar-refractivity contribution in [3.05, 3.63) is 103 Å². The summed E-state index contributed by atoms with van der Waals surface area (Å²) < 4.78 is 29.6. The van der Waals surface area contributed by atoms with Gasteiger partial charge in [-0.15, -0.1) is 0 Å². The minimum atomic E-state index is -3.93. The Kier molecular flexibility index (Phi) is 8.01. The van der Waals surface area contributed by atoms with Crippen LogP contribution in [0.4, 0.5) is 17.1 Å². The molecule has 3 heterocycles. The minimum absolute atomic E-state index is 0.136. The zero-order chi connectivity index (χ0) is 32.9. The summed E-state index contributed by atoms with van der Waals surface area (Å²) in [6.07, 6.45) is 0. The number of non-ortho nitro benzene ring substituents is 1. The molecule has 17 heteroatoms. The predicted molar refractivity (Wildman–Crippen MR) is 169 cm³/mol. The number of sulfonamides is 1. The largest absolute Gasteiger partial charge is 0.497 e. The number of carbonyl (C=O) groups excluding carboxylic acids is 3. The monoisotopic (exact) mass is 681 g/mol. The van der Waals surface area contributed by atoms with E-state index in [1.54, 1.807) is 24.3 Å². The van der Waals surface area contributed by atoms with Crippen molar-refractivity contribution in [2.24, 2.45) is 11.1 Å². The Labute approximate surface area is 269 Å². The molecule has 3 atom stereocenters. The van der Waals surface area contributed by atoms with Gasteiger partial charge in [0.2, 0.25) is 27.7 Å². The normalized spacial score (nSPS) is 19.0. The van der Waals surface area contributed by atoms with E-state index in [9.17, 15) is 37.7 Å². The van der Waals surface area contributed by atoms with Gasteiger partial charge in [-0.05, 0) is 54.1 Å². The molecule has 6 rings (SSSR count). The first-order chi connectivity index (χ1) is 21.9. The average molecular weight is 682 g/mol. The second-order valence-corrected chi connectivity index (χ2v) is 14.0. The number of rotatable bonds is 8. The number of nitro benzene ring substituents is 1. The lowest BCUT2D eigenvalue weighted by Crippen LogP contribution is -2.33. The van der Waals surface area contributed by atoms with Crippen molar-refractivity contribution >= 4 is 67.9 Å². The van der Waals surface area contributed by atoms with E-state index in [4.69, 9.17) is 9.88 Å². The van der Waals surface area contributed by atoms with E-state index in [1.165, 1.54) is 60.2 Å². The number of nitrogens with zero attached hydrogens (tertiary/aromatic N) is 3. The van der Waals surface area contributed by atoms with Crippen LogP contribution in [0, 0.1) is 16.0 Å². The van der Waals surface area contributed by atoms with Crippen LogP contribution in [0.5, 0.6) is 5.75 Å². The fourth-order valence-electron chi connectivity index (χ4n) is 5.48. The van der Waals surface area contributed by atoms with Gasteiger partial charge in [-0.3, -0.25) is 33.9 Å². The summed E-state index contributed by atoms with van der Waals surface area (Å²) in [5.74, 6) is -2.73. The number of ether oxygens (including phenoxy) is 1. The highest BCUT2D eigenvalue weighted by Crippen LogP contribution is 2.54. The molecule has 3 aromatic carbocycles. The van der Waals surface area contributed by atoms with Crippen LogP contribution in [-0.2, 0) is 31.0 Å². The van der Waals surface area contributed by atoms with Gasteiger partial charge in [-0.1, -0.05) is 35.2 Å². The molecule has 14 nitrogen and oxygen atoms in total. The molecule has 2 aliphatic heterocycles. The fourth-order valence-corrected chi connectivity index (χ4v) is 8.76. The van der Waals surface area contributed by atoms with Crippen molar-refractivity contribution in [2.45, 2.75) is 27.6 Å². The van der Waals surface area contributed by atoms with Crippen molar-refractivity contribution in [3.8, 4) is 5.75 Å². The number of fused-ring (bicyclic) bond motifs is 2. The van der Waals surface area contributed by atoms with E-state index in [1.807, 2.05) is 0 Å². The summed E-state index contributed by atoms with van der Waals surface area (Å²) >= 11 is 1.90. The number of amides is 3. The zero-order valence-electron chi connectivity index (χ0n) is 23.7. The molecule has 3 N–H and O–H groups in total. The van der Waals surface area contributed by atoms with Crippen LogP contribution < -0.4 is 25.0 Å². The average Bonchev–Trinajstić information content (AvgIpc) is 3.47. The van der Waals surface area contributed by atoms with Gasteiger partial charge in [0, 0.05) is 28.6 Å². The Morgan fingerprint density at radius 1 is 1.00 bits per heavy atom. The molecule has 2 aliphatic rings. The number of thioether (sulfide) groups is 1. The second kappa shape index (κ2) is 11.8. The lowest BCUT2D eigenvalue weighted by molar-refractivity contribution is -0.384. The lowest BCUT2D eigenvalue weighted by atomic mass is 9.83. The SMILES string of the molecule is COc1ccc([C@@H]2c3sc(=O)n(CC(=O)Nc4ccc(S(N)(=O)=O)cc4)c3S[C@@H]3C(=O)N(c4ccc([N+](=O)[O-])cc4)C(=O)[C@H]23)cc1. The summed E-state index contributed by atoms with van der Waals surface area (Å²) in [6.45, 7) is -0.421. The van der Waals surface area contributed by atoms with Crippen molar-refractivity contribution in [2.75, 3.05) is 17.3 Å². The maximum absolute atomic E-state index is 14.0. The number of nitro groups is 1. The molecule has 0 bridgehead atoms. The molecule has 0 spiro atoms. The van der Waals surface area contributed by atoms with Crippen LogP contribution >= 0.6 is 23.1 Å². The number of thiazole rings is 1. The number of imide groups is 1. The van der Waals surface area contributed by atoms with E-state index in [0.29, 0.717) is 21.2 Å². The molecule has 1 saturated heterocycles. The Morgan fingerprint density at radius 2 is 1.65 bits per heavy atom. The van der Waals surface area contributed by atoms with Gasteiger partial charge >= 0.3 is 4.87 Å². The lowest BCUT2D eigenvalue weighted by Gasteiger charge is -2.30. The van der Waals surface area contributed by atoms with Gasteiger partial charge in [0.1, 0.15) is 17.5 Å². The van der Waals surface area contributed by atoms with Crippen LogP contribution in [-0.4, -0.2) is 48.0 Å². The quantitative estimate of drug-likeness (QED) is 0.158. The van der Waals surface area contributed by atoms with Gasteiger partial charge in [0.25, 0.3) is 5.69 Å². The molecular weight excluding hydrogens is 659 g/mol. The number of nitrogens with one attached hydrogen (secondary N) is 1. The molecule has 46 heavy (non-hydrogen) atoms. The number of hydrogen-bond acceptors (Lipinski definition) is 11. The molecule has 0 saturated carbocycles. The van der Waals surface area contributed by atoms with Crippen molar-refractivity contribution in [1.29, 1.82) is 0 Å². The Balaban J connectivity index is 1.36. The Morgan fingerprint density at radius 3 is 2.24 bits per heavy atom. The first kappa shape index (κ1) is 31.2. The van der Waals surface area contributed by atoms with E-state index in [-0.39, 0.29) is 22.0 Å². The zero-order valence-corrected chi connectivity index (χ0v) is 26.1. The first-order valence-corrected chi connectivity index (χ1v) is 16.7. The van der Waals surface area contributed by atoms with Gasteiger partial charge in [-0.25, -0.2) is 18.5 Å². The summed E-state index contributed by atoms with van der Waals surface area (Å²) in [7, 11) is -2.42. The minimum Gasteiger partial charge on any atom is -0.497 e. The summed E-state index contributed by atoms with van der Waals surface area (Å²) in [4.78, 5) is 65.7. The van der Waals surface area contributed by atoms with E-state index in [0.717, 1.165) is 28.0 Å². The van der Waals surface area contributed by atoms with Gasteiger partial charge in [-0.2, -0.15) is 0 Å². The molecule has 1 fully saturated rings. The van der Waals surface area contributed by atoms with Crippen molar-refractivity contribution < 1.29 is 32.5 Å². The van der Waals surface area contributed by atoms with E-state index >= 15 is 0 Å². The number of nitrogens with two attached hydrogens (primary N) is 1. The summed E-state index contributed by atoms with van der Waals surface area (Å²) in [6, 6.07) is 17.2. The van der Waals surface area contributed by atoms with E-state index in [2.05, 4.69) is 5.32 Å². The van der Waals surface area contributed by atoms with Crippen LogP contribution in [0.25, 0.3) is 0 Å². The second-order valence-electron chi connectivity index (χ2n) is 10.3. The van der Waals surface area contributed by atoms with Crippen molar-refractivity contribution in [3.63, 3.8) is 0 Å². The molecule has 0 aliphatic carbocycles. The molecule has 0 unspecified atom stereocenters. The third-order valence-electron chi connectivity index (χ3n) is 7.61. The maximum Gasteiger partial charge on any atom is 0.308 e. The number of benzene rings is 3. The topological polar surface area (TPSA) is 201 Å². The van der Waals surface area contributed by atoms with Crippen LogP contribution in [0.15, 0.2) is 87.5 Å². The highest BCUT2D eigenvalue weighted by atomic mass is 32.2. The molecule has 1 aromatic heterocycles. The van der Waals surface area contributed by atoms with Gasteiger partial charge in [0.15, 0.2) is 0 Å². The highest BCUT2D eigenvalue weighted by Gasteiger charge is 2.56. The molecular formula is C29H23N5O9S3. The summed E-state index contributed by atoms with van der Waals surface area (Å²) in [5.41, 5.74) is 0.902. The number of hydrogen-bond donors (Lipinski definition) is 2. The van der Waals surface area contributed by atoms with Crippen LogP contribution in [0.3, 0.4) is 0 Å². The smallest absolute Gasteiger partial charge is 0.308 e. The molecule has 236 valence electrons. The van der Waals surface area contributed by atoms with Gasteiger partial charge in [0.05, 0.1) is 33.6 Å². The number of aromatic nitrogens is 1. The number of carbonyl (C=O) groups is 3. The Hall–Kier alpha value is -4.84. The predicted octanol–water partition coefficient (Wildman–Crippen LogP) is 2.91. The van der Waals surface area contributed by atoms with Crippen LogP contribution in [0.2, 0.25) is 0 Å². The number of primary sulfonamides is 1. The molecule has 0 radical (unpaired) electrons. The van der Waals surface area contributed by atoms with E-state index < -0.39 is 61.2 Å². The molecule has 3 amide bonds. The summed E-state index contributed by atoms with van der Waals surface area (Å²) in [5, 5.41) is 18.3. The highest BCUT2D eigenvalue weighted by molar-refractivity contribution is 8.00. The Bertz CT molecular complexity index is 2060. The first-order valence-electron chi connectivity index (χ1n) is 13.5. The maximum atomic E-state index is 14.0. The standard InChI is InChI=1S/C29H23N5O9S3/c1-43-19-10-2-15(3-11-19)22-23-24(27(37)33(26(23)36)17-6-8-18(9-7-17)34(39)40)44-28-25(22)45-29(38)32(28)14-21(35)31-16-4-12-20(13-5-16)46(30,41)42/h2-13,22-24H,14H2,1H3,(H,31,35)(H2,30,41,42)/t22-,23+,24-/m0/s1. The third-order valence-corrected chi connectivity index (χ3v) is 11.1. The number of anilines is 2. The van der Waals surface area contributed by atoms with Gasteiger partial charge < -0.3 is 10.1 Å². The molecule has 4 aromatic rings. The third kappa shape index (κ3) is 5.57. The van der Waals surface area contributed by atoms with Crippen molar-refractivity contribution in [1.82, 2.24) is 4.57 Å². The number of methoxy groups -OCH3 is 1.